The molecule has 3 heterocycles. The van der Waals surface area contributed by atoms with Gasteiger partial charge in [0.2, 0.25) is 11.8 Å². The summed E-state index contributed by atoms with van der Waals surface area (Å²) in [5, 5.41) is 12.7. The normalized spacial score (nSPS) is 25.7. The molecule has 2 N–H and O–H groups in total. The van der Waals surface area contributed by atoms with Gasteiger partial charge in [0.15, 0.2) is 5.82 Å². The van der Waals surface area contributed by atoms with E-state index in [9.17, 15) is 14.7 Å². The van der Waals surface area contributed by atoms with E-state index in [0.717, 1.165) is 32.4 Å². The minimum Gasteiger partial charge on any atom is -0.391 e. The van der Waals surface area contributed by atoms with E-state index in [1.165, 1.54) is 0 Å². The van der Waals surface area contributed by atoms with Crippen LogP contribution in [0.4, 0.5) is 0 Å². The van der Waals surface area contributed by atoms with Crippen molar-refractivity contribution in [3.63, 3.8) is 0 Å². The summed E-state index contributed by atoms with van der Waals surface area (Å²) in [6, 6.07) is 0.974. The van der Waals surface area contributed by atoms with Crippen LogP contribution in [0.15, 0.2) is 18.5 Å². The second kappa shape index (κ2) is 7.67. The third kappa shape index (κ3) is 3.43. The van der Waals surface area contributed by atoms with Crippen LogP contribution < -0.4 is 5.32 Å². The fourth-order valence-corrected chi connectivity index (χ4v) is 4.16. The van der Waals surface area contributed by atoms with E-state index in [-0.39, 0.29) is 18.4 Å². The summed E-state index contributed by atoms with van der Waals surface area (Å²) in [6.45, 7) is 6.02. The van der Waals surface area contributed by atoms with Gasteiger partial charge in [-0.25, -0.2) is 9.97 Å². The molecule has 26 heavy (non-hydrogen) atoms. The molecule has 142 valence electrons. The zero-order chi connectivity index (χ0) is 18.7. The third-order valence-corrected chi connectivity index (χ3v) is 5.48. The van der Waals surface area contributed by atoms with Gasteiger partial charge in [0.1, 0.15) is 11.6 Å². The average Bonchev–Trinajstić information content (AvgIpc) is 3.19. The van der Waals surface area contributed by atoms with Crippen molar-refractivity contribution in [3.8, 4) is 0 Å². The predicted octanol–water partition coefficient (Wildman–Crippen LogP) is 0.102. The summed E-state index contributed by atoms with van der Waals surface area (Å²) < 4.78 is 0. The van der Waals surface area contributed by atoms with Gasteiger partial charge in [-0.05, 0) is 45.3 Å². The maximum Gasteiger partial charge on any atom is 0.243 e. The number of aromatic nitrogens is 2. The highest BCUT2D eigenvalue weighted by Gasteiger charge is 2.52. The first-order chi connectivity index (χ1) is 12.5. The first kappa shape index (κ1) is 18.7. The monoisotopic (exact) mass is 361 g/mol. The second-order valence-corrected chi connectivity index (χ2v) is 7.08. The van der Waals surface area contributed by atoms with E-state index < -0.39 is 17.7 Å². The summed E-state index contributed by atoms with van der Waals surface area (Å²) in [5.74, 6) is 0.0966. The van der Waals surface area contributed by atoms with Crippen molar-refractivity contribution < 1.29 is 14.7 Å². The number of hydrogen-bond donors (Lipinski definition) is 2. The summed E-state index contributed by atoms with van der Waals surface area (Å²) in [6.07, 6.45) is 4.95. The van der Waals surface area contributed by atoms with Gasteiger partial charge < -0.3 is 15.3 Å². The number of aliphatic hydroxyl groups excluding tert-OH is 1. The first-order valence-electron chi connectivity index (χ1n) is 9.26. The smallest absolute Gasteiger partial charge is 0.243 e. The van der Waals surface area contributed by atoms with Crippen LogP contribution in [-0.4, -0.2) is 74.5 Å². The van der Waals surface area contributed by atoms with E-state index in [2.05, 4.69) is 27.1 Å². The van der Waals surface area contributed by atoms with Gasteiger partial charge in [-0.3, -0.25) is 14.5 Å². The molecule has 2 fully saturated rings. The van der Waals surface area contributed by atoms with Crippen molar-refractivity contribution in [3.05, 3.63) is 24.3 Å². The minimum atomic E-state index is -0.840. The van der Waals surface area contributed by atoms with Crippen molar-refractivity contribution >= 4 is 11.8 Å². The molecule has 0 aliphatic carbocycles. The van der Waals surface area contributed by atoms with Gasteiger partial charge in [-0.2, -0.15) is 0 Å². The van der Waals surface area contributed by atoms with Crippen molar-refractivity contribution in [1.29, 1.82) is 0 Å². The number of likely N-dealkylation sites (N-methyl/N-ethyl adjacent to an activating group) is 1. The number of rotatable bonds is 6. The Kier molecular flexibility index (Phi) is 5.52. The maximum absolute atomic E-state index is 13.0. The second-order valence-electron chi connectivity index (χ2n) is 7.08. The summed E-state index contributed by atoms with van der Waals surface area (Å²) in [4.78, 5) is 37.5. The predicted molar refractivity (Wildman–Crippen MR) is 95.0 cm³/mol. The molecule has 0 bridgehead atoms. The first-order valence-corrected chi connectivity index (χ1v) is 9.26. The molecular weight excluding hydrogens is 334 g/mol. The largest absolute Gasteiger partial charge is 0.391 e. The van der Waals surface area contributed by atoms with Gasteiger partial charge in [0.25, 0.3) is 0 Å². The number of aliphatic hydroxyl groups is 1. The molecule has 2 aliphatic rings. The Labute approximate surface area is 153 Å². The van der Waals surface area contributed by atoms with E-state index >= 15 is 0 Å². The van der Waals surface area contributed by atoms with Crippen molar-refractivity contribution in [2.45, 2.75) is 50.8 Å². The molecule has 1 aromatic rings. The molecule has 8 nitrogen and oxygen atoms in total. The molecule has 3 rings (SSSR count). The maximum atomic E-state index is 13.0. The lowest BCUT2D eigenvalue weighted by Crippen LogP contribution is -2.51. The van der Waals surface area contributed by atoms with Crippen LogP contribution in [-0.2, 0) is 9.59 Å². The molecule has 3 unspecified atom stereocenters. The zero-order valence-electron chi connectivity index (χ0n) is 15.4. The standard InChI is InChI=1S/C18H27N5O3/c1-3-23-10-4-6-18(23)7-11-22(17(18)26)12-14(25)21-15(13(2)24)16-19-8-5-9-20-16/h5,8-9,13,15,24H,3-4,6-7,10-12H2,1-2H3,(H,21,25). The summed E-state index contributed by atoms with van der Waals surface area (Å²) in [7, 11) is 0. The topological polar surface area (TPSA) is 98.7 Å². The van der Waals surface area contributed by atoms with Crippen LogP contribution in [0, 0.1) is 0 Å². The van der Waals surface area contributed by atoms with E-state index in [0.29, 0.717) is 12.4 Å². The van der Waals surface area contributed by atoms with Gasteiger partial charge in [0, 0.05) is 18.9 Å². The third-order valence-electron chi connectivity index (χ3n) is 5.48. The van der Waals surface area contributed by atoms with Crippen molar-refractivity contribution in [1.82, 2.24) is 25.1 Å². The highest BCUT2D eigenvalue weighted by molar-refractivity contribution is 5.92. The molecule has 8 heteroatoms. The van der Waals surface area contributed by atoms with Crippen LogP contribution in [0.1, 0.15) is 45.0 Å². The van der Waals surface area contributed by atoms with E-state index in [4.69, 9.17) is 0 Å². The lowest BCUT2D eigenvalue weighted by molar-refractivity contribution is -0.140. The number of nitrogens with one attached hydrogen (secondary N) is 1. The molecule has 3 atom stereocenters. The Morgan fingerprint density at radius 1 is 1.35 bits per heavy atom. The number of hydrogen-bond acceptors (Lipinski definition) is 6. The highest BCUT2D eigenvalue weighted by Crippen LogP contribution is 2.38. The minimum absolute atomic E-state index is 0.00576. The quantitative estimate of drug-likeness (QED) is 0.746. The summed E-state index contributed by atoms with van der Waals surface area (Å²) >= 11 is 0. The molecule has 1 spiro atoms. The Balaban J connectivity index is 1.64. The molecule has 0 saturated carbocycles. The SMILES string of the molecule is CCN1CCCC12CCN(CC(=O)NC(c1ncccn1)C(C)O)C2=O. The molecule has 1 aromatic heterocycles. The average molecular weight is 361 g/mol. The van der Waals surface area contributed by atoms with Gasteiger partial charge in [0.05, 0.1) is 12.6 Å². The van der Waals surface area contributed by atoms with E-state index in [1.54, 1.807) is 30.3 Å². The van der Waals surface area contributed by atoms with Crippen LogP contribution >= 0.6 is 0 Å². The number of nitrogens with zero attached hydrogens (tertiary/aromatic N) is 4. The van der Waals surface area contributed by atoms with Crippen LogP contribution in [0.3, 0.4) is 0 Å². The van der Waals surface area contributed by atoms with Crippen molar-refractivity contribution in [2.75, 3.05) is 26.2 Å². The molecule has 2 saturated heterocycles. The fraction of sp³-hybridized carbons (Fsp3) is 0.667. The van der Waals surface area contributed by atoms with Crippen molar-refractivity contribution in [2.24, 2.45) is 0 Å². The van der Waals surface area contributed by atoms with Gasteiger partial charge >= 0.3 is 0 Å². The van der Waals surface area contributed by atoms with Crippen LogP contribution in [0.5, 0.6) is 0 Å². The fourth-order valence-electron chi connectivity index (χ4n) is 4.16. The Morgan fingerprint density at radius 2 is 2.08 bits per heavy atom. The number of carbonyl (C=O) groups excluding carboxylic acids is 2. The number of likely N-dealkylation sites (tertiary alicyclic amines) is 2. The van der Waals surface area contributed by atoms with Gasteiger partial charge in [-0.1, -0.05) is 6.92 Å². The molecule has 2 aliphatic heterocycles. The van der Waals surface area contributed by atoms with Crippen LogP contribution in [0.25, 0.3) is 0 Å². The summed E-state index contributed by atoms with van der Waals surface area (Å²) in [5.41, 5.74) is -0.415. The molecular formula is C18H27N5O3. The zero-order valence-corrected chi connectivity index (χ0v) is 15.4. The highest BCUT2D eigenvalue weighted by atomic mass is 16.3. The molecule has 2 amide bonds. The lowest BCUT2D eigenvalue weighted by atomic mass is 9.94. The van der Waals surface area contributed by atoms with Crippen LogP contribution in [0.2, 0.25) is 0 Å². The molecule has 0 aromatic carbocycles. The number of carbonyl (C=O) groups is 2. The molecule has 0 radical (unpaired) electrons. The number of amides is 2. The Bertz CT molecular complexity index is 653. The Morgan fingerprint density at radius 3 is 2.73 bits per heavy atom. The Hall–Kier alpha value is -2.06. The van der Waals surface area contributed by atoms with E-state index in [1.807, 2.05) is 0 Å². The van der Waals surface area contributed by atoms with Gasteiger partial charge in [-0.15, -0.1) is 0 Å². The lowest BCUT2D eigenvalue weighted by Gasteiger charge is -2.32.